The molecular weight excluding hydrogens is 632 g/mol. The predicted octanol–water partition coefficient (Wildman–Crippen LogP) is 4.00. The van der Waals surface area contributed by atoms with E-state index < -0.39 is 52.0 Å². The molecule has 252 valence electrons. The first kappa shape index (κ1) is 34.5. The number of halogens is 1. The summed E-state index contributed by atoms with van der Waals surface area (Å²) in [5, 5.41) is 8.45. The van der Waals surface area contributed by atoms with Gasteiger partial charge in [-0.1, -0.05) is 37.6 Å². The molecule has 1 aromatic rings. The molecule has 2 heterocycles. The Kier molecular flexibility index (Phi) is 11.2. The number of carbonyl (C=O) groups excluding carboxylic acids is 5. The second kappa shape index (κ2) is 14.9. The third-order valence-electron chi connectivity index (χ3n) is 9.39. The molecular formula is C33H45ClN4O7S. The lowest BCUT2D eigenvalue weighted by Gasteiger charge is -2.41. The number of Topliss-reactive ketones (excluding diaryl/α,β-unsaturated/α-hetero) is 1. The third kappa shape index (κ3) is 9.16. The number of nitrogens with one attached hydrogen (secondary N) is 4. The molecule has 2 aliphatic heterocycles. The number of benzene rings is 1. The van der Waals surface area contributed by atoms with Gasteiger partial charge in [-0.05, 0) is 99.8 Å². The van der Waals surface area contributed by atoms with Crippen LogP contribution in [0, 0.1) is 11.8 Å². The van der Waals surface area contributed by atoms with E-state index in [4.69, 9.17) is 21.1 Å². The first-order valence-corrected chi connectivity index (χ1v) is 17.6. The molecule has 0 bridgehead atoms. The highest BCUT2D eigenvalue weighted by atomic mass is 35.5. The molecule has 0 aromatic heterocycles. The normalized spacial score (nSPS) is 22.7. The lowest BCUT2D eigenvalue weighted by atomic mass is 9.76. The minimum Gasteiger partial charge on any atom is -0.442 e. The summed E-state index contributed by atoms with van der Waals surface area (Å²) in [5.41, 5.74) is -0.0511. The van der Waals surface area contributed by atoms with E-state index in [1.807, 2.05) is 32.0 Å². The van der Waals surface area contributed by atoms with E-state index in [1.54, 1.807) is 6.07 Å². The van der Waals surface area contributed by atoms with Crippen molar-refractivity contribution in [3.63, 3.8) is 0 Å². The quantitative estimate of drug-likeness (QED) is 0.171. The highest BCUT2D eigenvalue weighted by molar-refractivity contribution is 7.99. The molecule has 5 rings (SSSR count). The van der Waals surface area contributed by atoms with Gasteiger partial charge in [0.1, 0.15) is 10.9 Å². The summed E-state index contributed by atoms with van der Waals surface area (Å²) in [7, 11) is 0. The zero-order valence-electron chi connectivity index (χ0n) is 26.5. The number of amides is 4. The first-order chi connectivity index (χ1) is 21.9. The average Bonchev–Trinajstić information content (AvgIpc) is 3.75. The fraction of sp³-hybridized carbons (Fsp3) is 0.667. The summed E-state index contributed by atoms with van der Waals surface area (Å²) >= 11 is 7.08. The summed E-state index contributed by atoms with van der Waals surface area (Å²) in [5.74, 6) is -2.65. The van der Waals surface area contributed by atoms with Crippen molar-refractivity contribution in [3.8, 4) is 0 Å². The molecule has 4 amide bonds. The molecule has 2 saturated heterocycles. The second-order valence-electron chi connectivity index (χ2n) is 13.8. The van der Waals surface area contributed by atoms with Gasteiger partial charge in [-0.3, -0.25) is 23.9 Å². The highest BCUT2D eigenvalue weighted by Crippen LogP contribution is 2.39. The van der Waals surface area contributed by atoms with Crippen molar-refractivity contribution < 1.29 is 33.4 Å². The summed E-state index contributed by atoms with van der Waals surface area (Å²) in [6.07, 6.45) is 6.17. The van der Waals surface area contributed by atoms with Crippen LogP contribution in [0.15, 0.2) is 24.3 Å². The van der Waals surface area contributed by atoms with E-state index in [9.17, 15) is 24.0 Å². The second-order valence-corrected chi connectivity index (χ2v) is 15.2. The van der Waals surface area contributed by atoms with Gasteiger partial charge in [-0.25, -0.2) is 4.79 Å². The number of carbonyl (C=O) groups is 5. The van der Waals surface area contributed by atoms with E-state index in [2.05, 4.69) is 20.7 Å². The SMILES string of the molecule is CC(C)C[C@H](SNC(=O)OC1(Cc2cccc(Cl)c2)CCC1)C(=O)N[C@@H](CC1CC2(CCOCC2)NC1=O)C(=O)C(=O)NC1CC1. The number of ketones is 1. The fourth-order valence-electron chi connectivity index (χ4n) is 6.56. The van der Waals surface area contributed by atoms with Crippen LogP contribution in [0.1, 0.15) is 83.6 Å². The molecule has 2 saturated carbocycles. The Morgan fingerprint density at radius 1 is 1.13 bits per heavy atom. The minimum atomic E-state index is -1.19. The molecule has 3 atom stereocenters. The Balaban J connectivity index is 1.22. The lowest BCUT2D eigenvalue weighted by Crippen LogP contribution is -2.51. The molecule has 11 nitrogen and oxygen atoms in total. The number of hydrogen-bond donors (Lipinski definition) is 4. The monoisotopic (exact) mass is 676 g/mol. The number of ether oxygens (including phenoxy) is 2. The van der Waals surface area contributed by atoms with E-state index in [-0.39, 0.29) is 24.3 Å². The molecule has 2 aliphatic carbocycles. The Labute approximate surface area is 279 Å². The summed E-state index contributed by atoms with van der Waals surface area (Å²) in [4.78, 5) is 66.0. The maximum absolute atomic E-state index is 13.7. The van der Waals surface area contributed by atoms with Gasteiger partial charge in [0.15, 0.2) is 0 Å². The molecule has 1 aromatic carbocycles. The lowest BCUT2D eigenvalue weighted by molar-refractivity contribution is -0.140. The van der Waals surface area contributed by atoms with Gasteiger partial charge in [-0.2, -0.15) is 0 Å². The minimum absolute atomic E-state index is 0.0116. The van der Waals surface area contributed by atoms with E-state index in [1.165, 1.54) is 0 Å². The van der Waals surface area contributed by atoms with Crippen LogP contribution in [-0.4, -0.2) is 71.3 Å². The summed E-state index contributed by atoms with van der Waals surface area (Å²) < 4.78 is 14.1. The van der Waals surface area contributed by atoms with Crippen molar-refractivity contribution >= 4 is 53.1 Å². The molecule has 46 heavy (non-hydrogen) atoms. The van der Waals surface area contributed by atoms with Crippen LogP contribution in [0.25, 0.3) is 0 Å². The van der Waals surface area contributed by atoms with Gasteiger partial charge in [0.05, 0.1) is 6.04 Å². The number of hydrogen-bond acceptors (Lipinski definition) is 8. The van der Waals surface area contributed by atoms with Crippen LogP contribution < -0.4 is 20.7 Å². The van der Waals surface area contributed by atoms with Crippen molar-refractivity contribution in [3.05, 3.63) is 34.9 Å². The van der Waals surface area contributed by atoms with E-state index in [0.717, 1.165) is 49.6 Å². The molecule has 4 N–H and O–H groups in total. The molecule has 0 radical (unpaired) electrons. The Morgan fingerprint density at radius 3 is 2.50 bits per heavy atom. The van der Waals surface area contributed by atoms with Gasteiger partial charge in [0.25, 0.3) is 5.91 Å². The topological polar surface area (TPSA) is 152 Å². The van der Waals surface area contributed by atoms with Crippen LogP contribution in [0.3, 0.4) is 0 Å². The van der Waals surface area contributed by atoms with Crippen molar-refractivity contribution in [2.24, 2.45) is 11.8 Å². The maximum atomic E-state index is 13.7. The van der Waals surface area contributed by atoms with Crippen LogP contribution in [-0.2, 0) is 35.1 Å². The van der Waals surface area contributed by atoms with Crippen LogP contribution >= 0.6 is 23.5 Å². The van der Waals surface area contributed by atoms with E-state index >= 15 is 0 Å². The van der Waals surface area contributed by atoms with Crippen molar-refractivity contribution in [1.29, 1.82) is 0 Å². The Bertz CT molecular complexity index is 1310. The zero-order chi connectivity index (χ0) is 32.9. The van der Waals surface area contributed by atoms with E-state index in [0.29, 0.717) is 50.3 Å². The smallest absolute Gasteiger partial charge is 0.417 e. The van der Waals surface area contributed by atoms with Gasteiger partial charge in [0.2, 0.25) is 17.6 Å². The molecule has 1 spiro atoms. The van der Waals surface area contributed by atoms with Gasteiger partial charge < -0.3 is 25.4 Å². The summed E-state index contributed by atoms with van der Waals surface area (Å²) in [6, 6.07) is 6.25. The first-order valence-electron chi connectivity index (χ1n) is 16.4. The van der Waals surface area contributed by atoms with Crippen LogP contribution in [0.5, 0.6) is 0 Å². The van der Waals surface area contributed by atoms with Gasteiger partial charge >= 0.3 is 6.09 Å². The van der Waals surface area contributed by atoms with Crippen LogP contribution in [0.2, 0.25) is 5.02 Å². The summed E-state index contributed by atoms with van der Waals surface area (Å²) in [6.45, 7) is 4.99. The Hall–Kier alpha value is -2.83. The molecule has 4 fully saturated rings. The molecule has 1 unspecified atom stereocenters. The largest absolute Gasteiger partial charge is 0.442 e. The molecule has 13 heteroatoms. The van der Waals surface area contributed by atoms with Gasteiger partial charge in [-0.15, -0.1) is 0 Å². The predicted molar refractivity (Wildman–Crippen MR) is 174 cm³/mol. The third-order valence-corrected chi connectivity index (χ3v) is 10.6. The van der Waals surface area contributed by atoms with Gasteiger partial charge in [0, 0.05) is 42.2 Å². The zero-order valence-corrected chi connectivity index (χ0v) is 28.1. The maximum Gasteiger partial charge on any atom is 0.417 e. The van der Waals surface area contributed by atoms with Crippen molar-refractivity contribution in [2.45, 2.75) is 113 Å². The molecule has 4 aliphatic rings. The fourth-order valence-corrected chi connectivity index (χ4v) is 7.71. The van der Waals surface area contributed by atoms with Crippen molar-refractivity contribution in [1.82, 2.24) is 20.7 Å². The van der Waals surface area contributed by atoms with Crippen molar-refractivity contribution in [2.75, 3.05) is 13.2 Å². The highest BCUT2D eigenvalue weighted by Gasteiger charge is 2.47. The standard InChI is InChI=1S/C33H45ClN4O7S/c1-20(2)15-26(46-38-31(43)45-33(9-4-10-33)18-21-5-3-6-23(34)16-21)29(41)36-25(27(39)30(42)35-24-7-8-24)17-22-19-32(37-28(22)40)11-13-44-14-12-32/h3,5-6,16,20,22,24-26H,4,7-15,17-19H2,1-2H3,(H,35,42)(H,36,41)(H,37,40)(H,38,43)/t22?,25-,26-/m0/s1. The Morgan fingerprint density at radius 2 is 1.87 bits per heavy atom. The number of rotatable bonds is 14. The average molecular weight is 677 g/mol. The van der Waals surface area contributed by atoms with Crippen LogP contribution in [0.4, 0.5) is 4.79 Å².